The van der Waals surface area contributed by atoms with E-state index >= 15 is 0 Å². The minimum atomic E-state index is -2.99. The summed E-state index contributed by atoms with van der Waals surface area (Å²) in [7, 11) is 0. The van der Waals surface area contributed by atoms with Gasteiger partial charge in [0.05, 0.1) is 4.88 Å². The number of aliphatic hydroxyl groups is 1. The molecule has 32 heavy (non-hydrogen) atoms. The van der Waals surface area contributed by atoms with Gasteiger partial charge in [-0.1, -0.05) is 23.5 Å². The minimum Gasteiger partial charge on any atom is -0.435 e. The first kappa shape index (κ1) is 23.3. The van der Waals surface area contributed by atoms with Crippen LogP contribution in [-0.2, 0) is 4.79 Å². The summed E-state index contributed by atoms with van der Waals surface area (Å²) in [5.41, 5.74) is 11.8. The van der Waals surface area contributed by atoms with Crippen molar-refractivity contribution in [1.82, 2.24) is 4.98 Å². The number of benzene rings is 2. The number of carbonyl (C=O) groups excluding carboxylic acids is 1. The maximum absolute atomic E-state index is 13.8. The maximum atomic E-state index is 13.8. The standard InChI is InChI=1S/C20H18F4N4O3S/c1-9(18(26)30)28(11-4-7-13(21)14(22)8-11)20-27-17(25)16(32-20)15(29)10-2-5-12(6-3-10)31-19(23)24/h2-9,15,19,29H,25H2,1H3,(H2,26,30). The zero-order valence-corrected chi connectivity index (χ0v) is 17.3. The quantitative estimate of drug-likeness (QED) is 0.433. The van der Waals surface area contributed by atoms with E-state index in [0.717, 1.165) is 23.5 Å². The molecule has 0 aliphatic heterocycles. The van der Waals surface area contributed by atoms with Crippen molar-refractivity contribution in [3.05, 3.63) is 64.5 Å². The number of carbonyl (C=O) groups is 1. The Morgan fingerprint density at radius 3 is 2.38 bits per heavy atom. The van der Waals surface area contributed by atoms with E-state index in [0.29, 0.717) is 5.56 Å². The monoisotopic (exact) mass is 470 g/mol. The van der Waals surface area contributed by atoms with Crippen LogP contribution in [0.1, 0.15) is 23.5 Å². The van der Waals surface area contributed by atoms with E-state index in [1.807, 2.05) is 0 Å². The van der Waals surface area contributed by atoms with E-state index in [1.54, 1.807) is 0 Å². The molecule has 0 fully saturated rings. The Hall–Kier alpha value is -3.38. The first-order valence-electron chi connectivity index (χ1n) is 9.11. The molecule has 0 saturated carbocycles. The first-order valence-corrected chi connectivity index (χ1v) is 9.92. The van der Waals surface area contributed by atoms with Crippen LogP contribution in [-0.4, -0.2) is 28.7 Å². The predicted molar refractivity (Wildman–Crippen MR) is 111 cm³/mol. The lowest BCUT2D eigenvalue weighted by atomic mass is 10.1. The fourth-order valence-corrected chi connectivity index (χ4v) is 3.98. The molecular formula is C20H18F4N4O3S. The second-order valence-corrected chi connectivity index (χ2v) is 7.65. The molecule has 1 heterocycles. The maximum Gasteiger partial charge on any atom is 0.387 e. The van der Waals surface area contributed by atoms with Crippen molar-refractivity contribution in [2.24, 2.45) is 5.73 Å². The molecule has 7 nitrogen and oxygen atoms in total. The summed E-state index contributed by atoms with van der Waals surface area (Å²) in [6, 6.07) is 7.26. The van der Waals surface area contributed by atoms with E-state index in [9.17, 15) is 27.5 Å². The van der Waals surface area contributed by atoms with Gasteiger partial charge in [-0.3, -0.25) is 4.79 Å². The van der Waals surface area contributed by atoms with Gasteiger partial charge in [-0.05, 0) is 36.8 Å². The fraction of sp³-hybridized carbons (Fsp3) is 0.200. The van der Waals surface area contributed by atoms with Crippen molar-refractivity contribution >= 4 is 33.9 Å². The summed E-state index contributed by atoms with van der Waals surface area (Å²) in [6.07, 6.45) is -1.28. The van der Waals surface area contributed by atoms with Gasteiger partial charge in [0.2, 0.25) is 5.91 Å². The van der Waals surface area contributed by atoms with Crippen LogP contribution in [0, 0.1) is 11.6 Å². The van der Waals surface area contributed by atoms with E-state index < -0.39 is 36.3 Å². The molecule has 12 heteroatoms. The number of alkyl halides is 2. The summed E-state index contributed by atoms with van der Waals surface area (Å²) in [5, 5.41) is 10.8. The van der Waals surface area contributed by atoms with E-state index in [4.69, 9.17) is 11.5 Å². The van der Waals surface area contributed by atoms with Gasteiger partial charge in [-0.25, -0.2) is 13.8 Å². The average Bonchev–Trinajstić information content (AvgIpc) is 3.11. The van der Waals surface area contributed by atoms with Gasteiger partial charge in [0.15, 0.2) is 16.8 Å². The smallest absolute Gasteiger partial charge is 0.387 e. The number of primary amides is 1. The number of hydrogen-bond acceptors (Lipinski definition) is 7. The zero-order valence-electron chi connectivity index (χ0n) is 16.5. The molecule has 2 aromatic carbocycles. The highest BCUT2D eigenvalue weighted by molar-refractivity contribution is 7.16. The van der Waals surface area contributed by atoms with Crippen molar-refractivity contribution in [3.63, 3.8) is 0 Å². The zero-order chi connectivity index (χ0) is 23.6. The van der Waals surface area contributed by atoms with Crippen LogP contribution in [0.4, 0.5) is 34.2 Å². The molecule has 0 spiro atoms. The third-order valence-electron chi connectivity index (χ3n) is 4.53. The fourth-order valence-electron chi connectivity index (χ4n) is 2.88. The normalized spacial score (nSPS) is 13.1. The van der Waals surface area contributed by atoms with Gasteiger partial charge in [0.1, 0.15) is 23.7 Å². The molecule has 3 aromatic rings. The third kappa shape index (κ3) is 4.92. The van der Waals surface area contributed by atoms with Crippen molar-refractivity contribution in [2.75, 3.05) is 10.6 Å². The molecule has 0 bridgehead atoms. The lowest BCUT2D eigenvalue weighted by Crippen LogP contribution is -2.40. The molecular weight excluding hydrogens is 452 g/mol. The first-order chi connectivity index (χ1) is 15.1. The van der Waals surface area contributed by atoms with Crippen molar-refractivity contribution in [1.29, 1.82) is 0 Å². The lowest BCUT2D eigenvalue weighted by Gasteiger charge is -2.26. The summed E-state index contributed by atoms with van der Waals surface area (Å²) in [5.74, 6) is -3.14. The van der Waals surface area contributed by atoms with Gasteiger partial charge in [-0.2, -0.15) is 8.78 Å². The Labute approximate surface area is 183 Å². The van der Waals surface area contributed by atoms with Crippen LogP contribution in [0.2, 0.25) is 0 Å². The summed E-state index contributed by atoms with van der Waals surface area (Å²) < 4.78 is 56.1. The number of ether oxygens (including phenoxy) is 1. The molecule has 2 atom stereocenters. The lowest BCUT2D eigenvalue weighted by molar-refractivity contribution is -0.118. The number of thiazole rings is 1. The highest BCUT2D eigenvalue weighted by Gasteiger charge is 2.28. The summed E-state index contributed by atoms with van der Waals surface area (Å²) >= 11 is 0.901. The molecule has 0 saturated heterocycles. The number of aliphatic hydroxyl groups excluding tert-OH is 1. The van der Waals surface area contributed by atoms with Gasteiger partial charge < -0.3 is 26.2 Å². The molecule has 3 rings (SSSR count). The molecule has 0 aliphatic rings. The number of anilines is 3. The molecule has 0 radical (unpaired) electrons. The number of amides is 1. The van der Waals surface area contributed by atoms with Crippen LogP contribution >= 0.6 is 11.3 Å². The molecule has 1 amide bonds. The van der Waals surface area contributed by atoms with Crippen LogP contribution in [0.15, 0.2) is 42.5 Å². The largest absolute Gasteiger partial charge is 0.435 e. The summed E-state index contributed by atoms with van der Waals surface area (Å²) in [6.45, 7) is -1.54. The Kier molecular flexibility index (Phi) is 6.84. The molecule has 5 N–H and O–H groups in total. The van der Waals surface area contributed by atoms with Crippen molar-refractivity contribution < 1.29 is 32.2 Å². The van der Waals surface area contributed by atoms with Gasteiger partial charge >= 0.3 is 6.61 Å². The van der Waals surface area contributed by atoms with Gasteiger partial charge in [0, 0.05) is 11.8 Å². The Balaban J connectivity index is 1.97. The van der Waals surface area contributed by atoms with Crippen LogP contribution in [0.3, 0.4) is 0 Å². The van der Waals surface area contributed by atoms with E-state index in [-0.39, 0.29) is 27.3 Å². The number of hydrogen-bond donors (Lipinski definition) is 3. The Morgan fingerprint density at radius 2 is 1.81 bits per heavy atom. The molecule has 170 valence electrons. The number of halogens is 4. The van der Waals surface area contributed by atoms with Crippen molar-refractivity contribution in [3.8, 4) is 5.75 Å². The number of rotatable bonds is 8. The number of nitrogens with zero attached hydrogens (tertiary/aromatic N) is 2. The molecule has 1 aromatic heterocycles. The summed E-state index contributed by atoms with van der Waals surface area (Å²) in [4.78, 5) is 17.5. The van der Waals surface area contributed by atoms with Crippen LogP contribution in [0.25, 0.3) is 0 Å². The van der Waals surface area contributed by atoms with E-state index in [1.165, 1.54) is 42.2 Å². The topological polar surface area (TPSA) is 115 Å². The second-order valence-electron chi connectivity index (χ2n) is 6.64. The second kappa shape index (κ2) is 9.40. The van der Waals surface area contributed by atoms with Crippen LogP contribution in [0.5, 0.6) is 5.75 Å². The van der Waals surface area contributed by atoms with Crippen molar-refractivity contribution in [2.45, 2.75) is 25.7 Å². The molecule has 2 unspecified atom stereocenters. The Bertz CT molecular complexity index is 1110. The van der Waals surface area contributed by atoms with Gasteiger partial charge in [-0.15, -0.1) is 0 Å². The average molecular weight is 470 g/mol. The number of nitrogen functional groups attached to an aromatic ring is 1. The molecule has 0 aliphatic carbocycles. The van der Waals surface area contributed by atoms with Gasteiger partial charge in [0.25, 0.3) is 0 Å². The SMILES string of the molecule is CC(C(N)=O)N(c1ccc(F)c(F)c1)c1nc(N)c(C(O)c2ccc(OC(F)F)cc2)s1. The highest BCUT2D eigenvalue weighted by Crippen LogP contribution is 2.40. The third-order valence-corrected chi connectivity index (χ3v) is 5.65. The van der Waals surface area contributed by atoms with E-state index in [2.05, 4.69) is 9.72 Å². The van der Waals surface area contributed by atoms with Crippen LogP contribution < -0.4 is 21.1 Å². The Morgan fingerprint density at radius 1 is 1.16 bits per heavy atom. The highest BCUT2D eigenvalue weighted by atomic mass is 32.1. The minimum absolute atomic E-state index is 0.0744. The predicted octanol–water partition coefficient (Wildman–Crippen LogP) is 3.70. The number of aromatic nitrogens is 1. The number of nitrogens with two attached hydrogens (primary N) is 2.